The summed E-state index contributed by atoms with van der Waals surface area (Å²) in [6, 6.07) is 9.27. The van der Waals surface area contributed by atoms with E-state index in [4.69, 9.17) is 10.5 Å². The van der Waals surface area contributed by atoms with E-state index in [1.807, 2.05) is 12.1 Å². The van der Waals surface area contributed by atoms with Gasteiger partial charge in [-0.25, -0.2) is 9.98 Å². The van der Waals surface area contributed by atoms with Gasteiger partial charge in [0, 0.05) is 17.4 Å². The number of anilines is 1. The van der Waals surface area contributed by atoms with E-state index in [-0.39, 0.29) is 18.4 Å². The molecule has 0 radical (unpaired) electrons. The number of aryl methyl sites for hydroxylation is 1. The minimum atomic E-state index is -4.43. The molecule has 0 fully saturated rings. The molecule has 0 saturated heterocycles. The van der Waals surface area contributed by atoms with Crippen molar-refractivity contribution in [2.24, 2.45) is 10.7 Å². The molecule has 1 aromatic heterocycles. The van der Waals surface area contributed by atoms with E-state index in [0.29, 0.717) is 5.56 Å². The third kappa shape index (κ3) is 5.35. The number of alkyl halides is 3. The molecule has 5 nitrogen and oxygen atoms in total. The number of guanidine groups is 1. The summed E-state index contributed by atoms with van der Waals surface area (Å²) in [5.74, 6) is 0.100. The number of hydrogen-bond acceptors (Lipinski definition) is 3. The van der Waals surface area contributed by atoms with Crippen molar-refractivity contribution < 1.29 is 17.9 Å². The van der Waals surface area contributed by atoms with Crippen molar-refractivity contribution in [2.75, 3.05) is 11.9 Å². The Bertz CT molecular complexity index is 821. The van der Waals surface area contributed by atoms with Crippen molar-refractivity contribution >= 4 is 11.6 Å². The van der Waals surface area contributed by atoms with Crippen LogP contribution >= 0.6 is 0 Å². The van der Waals surface area contributed by atoms with E-state index in [0.717, 1.165) is 24.9 Å². The molecule has 144 valence electrons. The average Bonchev–Trinajstić information content (AvgIpc) is 2.65. The lowest BCUT2D eigenvalue weighted by atomic mass is 9.90. The number of nitrogens with two attached hydrogens (primary N) is 1. The van der Waals surface area contributed by atoms with Crippen molar-refractivity contribution in [3.63, 3.8) is 0 Å². The lowest BCUT2D eigenvalue weighted by Crippen LogP contribution is -2.24. The van der Waals surface area contributed by atoms with Crippen LogP contribution in [0, 0.1) is 0 Å². The van der Waals surface area contributed by atoms with Crippen LogP contribution in [-0.2, 0) is 19.4 Å². The van der Waals surface area contributed by atoms with Gasteiger partial charge in [-0.3, -0.25) is 0 Å². The second-order valence-corrected chi connectivity index (χ2v) is 6.35. The Hall–Kier alpha value is -2.77. The summed E-state index contributed by atoms with van der Waals surface area (Å²) < 4.78 is 41.8. The molecule has 0 spiro atoms. The quantitative estimate of drug-likeness (QED) is 0.613. The molecule has 0 atom stereocenters. The van der Waals surface area contributed by atoms with Gasteiger partial charge >= 0.3 is 6.18 Å². The molecule has 3 N–H and O–H groups in total. The maximum Gasteiger partial charge on any atom is 0.422 e. The van der Waals surface area contributed by atoms with Crippen LogP contribution in [0.25, 0.3) is 0 Å². The highest BCUT2D eigenvalue weighted by Gasteiger charge is 2.29. The summed E-state index contributed by atoms with van der Waals surface area (Å²) in [5, 5.41) is 3.10. The molecule has 0 bridgehead atoms. The van der Waals surface area contributed by atoms with Crippen LogP contribution in [0.3, 0.4) is 0 Å². The van der Waals surface area contributed by atoms with Gasteiger partial charge in [0.1, 0.15) is 0 Å². The van der Waals surface area contributed by atoms with Crippen LogP contribution in [0.1, 0.15) is 29.5 Å². The first kappa shape index (κ1) is 19.0. The Labute approximate surface area is 155 Å². The van der Waals surface area contributed by atoms with E-state index in [9.17, 15) is 13.2 Å². The first-order valence-corrected chi connectivity index (χ1v) is 8.73. The molecule has 27 heavy (non-hydrogen) atoms. The highest BCUT2D eigenvalue weighted by Crippen LogP contribution is 2.27. The Morgan fingerprint density at radius 1 is 1.19 bits per heavy atom. The van der Waals surface area contributed by atoms with E-state index >= 15 is 0 Å². The molecule has 1 aliphatic rings. The van der Waals surface area contributed by atoms with Crippen LogP contribution in [0.15, 0.2) is 41.5 Å². The largest absolute Gasteiger partial charge is 0.468 e. The second kappa shape index (κ2) is 8.28. The number of fused-ring (bicyclic) bond motifs is 1. The zero-order valence-electron chi connectivity index (χ0n) is 14.7. The number of rotatable bonds is 5. The maximum atomic E-state index is 12.4. The van der Waals surface area contributed by atoms with Gasteiger partial charge in [-0.1, -0.05) is 18.2 Å². The summed E-state index contributed by atoms with van der Waals surface area (Å²) in [7, 11) is 0. The number of pyridine rings is 1. The molecule has 2 aromatic rings. The molecular formula is C19H21F3N4O. The first-order chi connectivity index (χ1) is 12.9. The normalized spacial score (nSPS) is 14.6. The SMILES string of the molecule is NC(=NCc1cccnc1OCC(F)(F)F)Nc1cccc2c1CCCC2. The van der Waals surface area contributed by atoms with Crippen molar-refractivity contribution in [3.05, 3.63) is 53.2 Å². The number of hydrogen-bond donors (Lipinski definition) is 2. The molecule has 0 unspecified atom stereocenters. The van der Waals surface area contributed by atoms with Gasteiger partial charge in [0.15, 0.2) is 12.6 Å². The molecule has 0 amide bonds. The van der Waals surface area contributed by atoms with E-state index in [1.54, 1.807) is 12.1 Å². The number of ether oxygens (including phenoxy) is 1. The Morgan fingerprint density at radius 3 is 2.81 bits per heavy atom. The molecule has 3 rings (SSSR count). The number of nitrogens with one attached hydrogen (secondary N) is 1. The number of aliphatic imine (C=N–C) groups is 1. The van der Waals surface area contributed by atoms with Crippen LogP contribution < -0.4 is 15.8 Å². The molecule has 0 saturated carbocycles. The Morgan fingerprint density at radius 2 is 2.00 bits per heavy atom. The summed E-state index contributed by atoms with van der Waals surface area (Å²) >= 11 is 0. The zero-order chi connectivity index (χ0) is 19.3. The number of benzene rings is 1. The molecule has 0 aliphatic heterocycles. The molecule has 8 heteroatoms. The number of nitrogens with zero attached hydrogens (tertiary/aromatic N) is 2. The van der Waals surface area contributed by atoms with Gasteiger partial charge in [-0.15, -0.1) is 0 Å². The molecule has 1 aliphatic carbocycles. The van der Waals surface area contributed by atoms with Gasteiger partial charge in [0.05, 0.1) is 6.54 Å². The van der Waals surface area contributed by atoms with Gasteiger partial charge in [0.2, 0.25) is 5.88 Å². The van der Waals surface area contributed by atoms with E-state index in [2.05, 4.69) is 21.4 Å². The minimum Gasteiger partial charge on any atom is -0.468 e. The third-order valence-electron chi connectivity index (χ3n) is 4.30. The fraction of sp³-hybridized carbons (Fsp3) is 0.368. The summed E-state index contributed by atoms with van der Waals surface area (Å²) in [4.78, 5) is 8.07. The Kier molecular flexibility index (Phi) is 5.83. The standard InChI is InChI=1S/C19H21F3N4O/c20-19(21,22)12-27-17-14(7-4-10-24-17)11-25-18(23)26-16-9-3-6-13-5-1-2-8-15(13)16/h3-4,6-7,9-10H,1-2,5,8,11-12H2,(H3,23,25,26). The molecule has 1 heterocycles. The smallest absolute Gasteiger partial charge is 0.422 e. The lowest BCUT2D eigenvalue weighted by Gasteiger charge is -2.19. The van der Waals surface area contributed by atoms with Crippen LogP contribution in [0.4, 0.5) is 18.9 Å². The predicted octanol–water partition coefficient (Wildman–Crippen LogP) is 3.83. The van der Waals surface area contributed by atoms with Crippen molar-refractivity contribution in [3.8, 4) is 5.88 Å². The summed E-state index contributed by atoms with van der Waals surface area (Å²) in [6.07, 6.45) is 1.31. The van der Waals surface area contributed by atoms with E-state index < -0.39 is 12.8 Å². The van der Waals surface area contributed by atoms with Crippen molar-refractivity contribution in [2.45, 2.75) is 38.4 Å². The number of halogens is 3. The minimum absolute atomic E-state index is 0.0644. The monoisotopic (exact) mass is 378 g/mol. The fourth-order valence-corrected chi connectivity index (χ4v) is 3.07. The predicted molar refractivity (Wildman–Crippen MR) is 97.8 cm³/mol. The number of aromatic nitrogens is 1. The zero-order valence-corrected chi connectivity index (χ0v) is 14.7. The highest BCUT2D eigenvalue weighted by molar-refractivity contribution is 5.93. The molecular weight excluding hydrogens is 357 g/mol. The van der Waals surface area contributed by atoms with Crippen LogP contribution in [0.5, 0.6) is 5.88 Å². The topological polar surface area (TPSA) is 72.5 Å². The van der Waals surface area contributed by atoms with Gasteiger partial charge < -0.3 is 15.8 Å². The van der Waals surface area contributed by atoms with Crippen molar-refractivity contribution in [1.82, 2.24) is 4.98 Å². The van der Waals surface area contributed by atoms with Crippen LogP contribution in [0.2, 0.25) is 0 Å². The van der Waals surface area contributed by atoms with Gasteiger partial charge in [-0.2, -0.15) is 13.2 Å². The van der Waals surface area contributed by atoms with Crippen LogP contribution in [-0.4, -0.2) is 23.7 Å². The molecule has 1 aromatic carbocycles. The lowest BCUT2D eigenvalue weighted by molar-refractivity contribution is -0.154. The fourth-order valence-electron chi connectivity index (χ4n) is 3.07. The van der Waals surface area contributed by atoms with E-state index in [1.165, 1.54) is 23.7 Å². The Balaban J connectivity index is 1.68. The van der Waals surface area contributed by atoms with Gasteiger partial charge in [-0.05, 0) is 48.9 Å². The maximum absolute atomic E-state index is 12.4. The first-order valence-electron chi connectivity index (χ1n) is 8.73. The van der Waals surface area contributed by atoms with Crippen molar-refractivity contribution in [1.29, 1.82) is 0 Å². The summed E-state index contributed by atoms with van der Waals surface area (Å²) in [6.45, 7) is -1.33. The average molecular weight is 378 g/mol. The highest BCUT2D eigenvalue weighted by atomic mass is 19.4. The second-order valence-electron chi connectivity index (χ2n) is 6.35. The third-order valence-corrected chi connectivity index (χ3v) is 4.30. The summed E-state index contributed by atoms with van der Waals surface area (Å²) in [5.41, 5.74) is 9.90. The van der Waals surface area contributed by atoms with Gasteiger partial charge in [0.25, 0.3) is 0 Å².